The van der Waals surface area contributed by atoms with Crippen LogP contribution in [0.5, 0.6) is 0 Å². The van der Waals surface area contributed by atoms with Crippen molar-refractivity contribution in [2.24, 2.45) is 0 Å². The van der Waals surface area contributed by atoms with Crippen molar-refractivity contribution in [1.29, 1.82) is 0 Å². The van der Waals surface area contributed by atoms with E-state index in [0.29, 0.717) is 0 Å². The number of rotatable bonds is 1. The van der Waals surface area contributed by atoms with Crippen molar-refractivity contribution in [1.82, 2.24) is 9.78 Å². The lowest BCUT2D eigenvalue weighted by Gasteiger charge is -2.01. The molecule has 0 aromatic carbocycles. The van der Waals surface area contributed by atoms with E-state index in [-0.39, 0.29) is 11.7 Å². The molecule has 0 aliphatic heterocycles. The second-order valence-corrected chi connectivity index (χ2v) is 3.14. The summed E-state index contributed by atoms with van der Waals surface area (Å²) >= 11 is 0. The number of nitrogens with zero attached hydrogens (tertiary/aromatic N) is 2. The second-order valence-electron chi connectivity index (χ2n) is 3.14. The van der Waals surface area contributed by atoms with Gasteiger partial charge in [-0.25, -0.2) is 0 Å². The van der Waals surface area contributed by atoms with Gasteiger partial charge in [0.05, 0.1) is 11.7 Å². The molecule has 72 valence electrons. The largest absolute Gasteiger partial charge is 0.437 e. The van der Waals surface area contributed by atoms with E-state index in [4.69, 9.17) is 5.73 Å². The molecule has 0 spiro atoms. The van der Waals surface area contributed by atoms with Gasteiger partial charge in [-0.05, 0) is 12.8 Å². The smallest absolute Gasteiger partial charge is 0.396 e. The number of hydrogen-bond acceptors (Lipinski definition) is 2. The summed E-state index contributed by atoms with van der Waals surface area (Å²) in [6.45, 7) is 0. The summed E-state index contributed by atoms with van der Waals surface area (Å²) in [5.41, 5.74) is 3.92. The van der Waals surface area contributed by atoms with Gasteiger partial charge in [-0.3, -0.25) is 4.68 Å². The molecular formula is C7H8F3N3. The van der Waals surface area contributed by atoms with Crippen molar-refractivity contribution in [3.05, 3.63) is 11.9 Å². The standard InChI is InChI=1S/C7H8F3N3/c8-7(9,10)6-5(11)3-13(12-6)4-1-2-4/h3-4H,1-2,11H2. The van der Waals surface area contributed by atoms with Crippen LogP contribution in [0.3, 0.4) is 0 Å². The lowest BCUT2D eigenvalue weighted by molar-refractivity contribution is -0.140. The van der Waals surface area contributed by atoms with Gasteiger partial charge in [-0.15, -0.1) is 0 Å². The Morgan fingerprint density at radius 1 is 1.46 bits per heavy atom. The number of hydrogen-bond donors (Lipinski definition) is 1. The fourth-order valence-corrected chi connectivity index (χ4v) is 1.15. The molecule has 1 aliphatic rings. The molecule has 1 fully saturated rings. The first-order valence-electron chi connectivity index (χ1n) is 3.90. The first kappa shape index (κ1) is 8.40. The Kier molecular flexibility index (Phi) is 1.55. The molecule has 13 heavy (non-hydrogen) atoms. The molecule has 1 aromatic heterocycles. The van der Waals surface area contributed by atoms with Crippen molar-refractivity contribution >= 4 is 5.69 Å². The number of anilines is 1. The lowest BCUT2D eigenvalue weighted by Crippen LogP contribution is -2.09. The number of nitrogens with two attached hydrogens (primary N) is 1. The summed E-state index contributed by atoms with van der Waals surface area (Å²) in [7, 11) is 0. The van der Waals surface area contributed by atoms with Gasteiger partial charge < -0.3 is 5.73 Å². The molecular weight excluding hydrogens is 183 g/mol. The second kappa shape index (κ2) is 2.40. The van der Waals surface area contributed by atoms with Gasteiger partial charge in [0.1, 0.15) is 0 Å². The van der Waals surface area contributed by atoms with Crippen molar-refractivity contribution in [2.75, 3.05) is 5.73 Å². The molecule has 1 aliphatic carbocycles. The zero-order valence-electron chi connectivity index (χ0n) is 6.67. The summed E-state index contributed by atoms with van der Waals surface area (Å²) in [4.78, 5) is 0. The van der Waals surface area contributed by atoms with E-state index in [1.807, 2.05) is 0 Å². The SMILES string of the molecule is Nc1cn(C2CC2)nc1C(F)(F)F. The predicted molar refractivity (Wildman–Crippen MR) is 39.9 cm³/mol. The third-order valence-electron chi connectivity index (χ3n) is 1.95. The topological polar surface area (TPSA) is 43.8 Å². The normalized spacial score (nSPS) is 17.8. The summed E-state index contributed by atoms with van der Waals surface area (Å²) < 4.78 is 37.9. The van der Waals surface area contributed by atoms with Crippen LogP contribution < -0.4 is 5.73 Å². The first-order chi connectivity index (χ1) is 5.98. The quantitative estimate of drug-likeness (QED) is 0.735. The van der Waals surface area contributed by atoms with Crippen molar-refractivity contribution in [2.45, 2.75) is 25.1 Å². The van der Waals surface area contributed by atoms with Crippen molar-refractivity contribution < 1.29 is 13.2 Å². The molecule has 1 heterocycles. The number of alkyl halides is 3. The highest BCUT2D eigenvalue weighted by Gasteiger charge is 2.38. The monoisotopic (exact) mass is 191 g/mol. The predicted octanol–water partition coefficient (Wildman–Crippen LogP) is 1.82. The summed E-state index contributed by atoms with van der Waals surface area (Å²) in [6, 6.07) is 0.124. The van der Waals surface area contributed by atoms with Gasteiger partial charge in [0.2, 0.25) is 0 Å². The van der Waals surface area contributed by atoms with Gasteiger partial charge >= 0.3 is 6.18 Å². The van der Waals surface area contributed by atoms with Crippen LogP contribution in [0, 0.1) is 0 Å². The molecule has 1 saturated carbocycles. The van der Waals surface area contributed by atoms with Crippen LogP contribution in [0.25, 0.3) is 0 Å². The van der Waals surface area contributed by atoms with Crippen LogP contribution in [0.1, 0.15) is 24.6 Å². The third kappa shape index (κ3) is 1.48. The molecule has 6 heteroatoms. The van der Waals surface area contributed by atoms with E-state index in [1.54, 1.807) is 0 Å². The molecule has 0 amide bonds. The van der Waals surface area contributed by atoms with E-state index in [0.717, 1.165) is 12.8 Å². The molecule has 0 bridgehead atoms. The minimum atomic E-state index is -4.44. The van der Waals surface area contributed by atoms with E-state index >= 15 is 0 Å². The van der Waals surface area contributed by atoms with Crippen LogP contribution in [0.2, 0.25) is 0 Å². The lowest BCUT2D eigenvalue weighted by atomic mass is 10.4. The zero-order valence-corrected chi connectivity index (χ0v) is 6.67. The Bertz CT molecular complexity index is 324. The van der Waals surface area contributed by atoms with Crippen LogP contribution in [0.4, 0.5) is 18.9 Å². The number of halogens is 3. The molecule has 0 radical (unpaired) electrons. The van der Waals surface area contributed by atoms with E-state index in [2.05, 4.69) is 5.10 Å². The highest BCUT2D eigenvalue weighted by atomic mass is 19.4. The zero-order chi connectivity index (χ0) is 9.64. The van der Waals surface area contributed by atoms with Crippen molar-refractivity contribution in [3.63, 3.8) is 0 Å². The third-order valence-corrected chi connectivity index (χ3v) is 1.95. The Morgan fingerprint density at radius 2 is 2.08 bits per heavy atom. The Hall–Kier alpha value is -1.20. The summed E-state index contributed by atoms with van der Waals surface area (Å²) in [6.07, 6.45) is -1.42. The highest BCUT2D eigenvalue weighted by molar-refractivity contribution is 5.42. The average Bonchev–Trinajstić information content (AvgIpc) is 2.73. The number of aromatic nitrogens is 2. The molecule has 0 unspecified atom stereocenters. The Labute approximate surface area is 72.3 Å². The molecule has 1 aromatic rings. The van der Waals surface area contributed by atoms with E-state index < -0.39 is 11.9 Å². The fourth-order valence-electron chi connectivity index (χ4n) is 1.15. The summed E-state index contributed by atoms with van der Waals surface area (Å²) in [5, 5.41) is 3.41. The Balaban J connectivity index is 2.35. The fraction of sp³-hybridized carbons (Fsp3) is 0.571. The maximum atomic E-state index is 12.2. The van der Waals surface area contributed by atoms with Gasteiger partial charge in [-0.2, -0.15) is 18.3 Å². The van der Waals surface area contributed by atoms with E-state index in [1.165, 1.54) is 10.9 Å². The Morgan fingerprint density at radius 3 is 2.46 bits per heavy atom. The van der Waals surface area contributed by atoms with Crippen LogP contribution in [0.15, 0.2) is 6.20 Å². The molecule has 0 saturated heterocycles. The molecule has 3 nitrogen and oxygen atoms in total. The number of nitrogen functional groups attached to an aromatic ring is 1. The minimum Gasteiger partial charge on any atom is -0.396 e. The van der Waals surface area contributed by atoms with Crippen LogP contribution >= 0.6 is 0 Å². The first-order valence-corrected chi connectivity index (χ1v) is 3.90. The average molecular weight is 191 g/mol. The molecule has 0 atom stereocenters. The summed E-state index contributed by atoms with van der Waals surface area (Å²) in [5.74, 6) is 0. The van der Waals surface area contributed by atoms with Crippen LogP contribution in [-0.4, -0.2) is 9.78 Å². The maximum absolute atomic E-state index is 12.2. The molecule has 2 N–H and O–H groups in total. The van der Waals surface area contributed by atoms with Gasteiger partial charge in [-0.1, -0.05) is 0 Å². The van der Waals surface area contributed by atoms with Gasteiger partial charge in [0, 0.05) is 6.20 Å². The van der Waals surface area contributed by atoms with Crippen molar-refractivity contribution in [3.8, 4) is 0 Å². The van der Waals surface area contributed by atoms with Gasteiger partial charge in [0.15, 0.2) is 5.69 Å². The van der Waals surface area contributed by atoms with Crippen LogP contribution in [-0.2, 0) is 6.18 Å². The van der Waals surface area contributed by atoms with Gasteiger partial charge in [0.25, 0.3) is 0 Å². The highest BCUT2D eigenvalue weighted by Crippen LogP contribution is 2.38. The minimum absolute atomic E-state index is 0.124. The maximum Gasteiger partial charge on any atom is 0.437 e. The van der Waals surface area contributed by atoms with E-state index in [9.17, 15) is 13.2 Å². The molecule has 2 rings (SSSR count).